The average molecular weight is 412 g/mol. The molecule has 0 bridgehead atoms. The summed E-state index contributed by atoms with van der Waals surface area (Å²) in [6.07, 6.45) is -10.9. The Morgan fingerprint density at radius 2 is 1.07 bits per heavy atom. The van der Waals surface area contributed by atoms with Crippen molar-refractivity contribution < 1.29 is 46.1 Å². The fourth-order valence-corrected chi connectivity index (χ4v) is 3.36. The Hall–Kier alpha value is -2.92. The third-order valence-corrected chi connectivity index (χ3v) is 4.95. The van der Waals surface area contributed by atoms with Crippen LogP contribution in [0.15, 0.2) is 46.8 Å². The summed E-state index contributed by atoms with van der Waals surface area (Å²) in [5.41, 5.74) is -0.0404. The number of nitrogens with two attached hydrogens (primary N) is 2. The normalized spacial score (nSPS) is 28.6. The molecular weight excluding hydrogens is 398 g/mol. The Kier molecular flexibility index (Phi) is 4.82. The van der Waals surface area contributed by atoms with E-state index in [4.69, 9.17) is 11.5 Å². The second kappa shape index (κ2) is 6.31. The minimum atomic E-state index is -5.12. The van der Waals surface area contributed by atoms with E-state index in [-0.39, 0.29) is 0 Å². The van der Waals surface area contributed by atoms with E-state index in [9.17, 15) is 46.1 Å². The van der Waals surface area contributed by atoms with Gasteiger partial charge >= 0.3 is 24.3 Å². The molecule has 6 N–H and O–H groups in total. The molecule has 0 heterocycles. The van der Waals surface area contributed by atoms with Gasteiger partial charge in [0, 0.05) is 24.2 Å². The maximum Gasteiger partial charge on any atom is 0.414 e. The molecule has 0 radical (unpaired) electrons. The molecule has 0 aliphatic heterocycles. The number of carbonyl (C=O) groups is 2. The van der Waals surface area contributed by atoms with Gasteiger partial charge in [0.25, 0.3) is 0 Å². The molecule has 0 saturated heterocycles. The van der Waals surface area contributed by atoms with Crippen molar-refractivity contribution in [1.29, 1.82) is 0 Å². The summed E-state index contributed by atoms with van der Waals surface area (Å²) >= 11 is 0. The Bertz CT molecular complexity index is 782. The quantitative estimate of drug-likeness (QED) is 0.528. The Labute approximate surface area is 153 Å². The third-order valence-electron chi connectivity index (χ3n) is 4.95. The molecule has 154 valence electrons. The van der Waals surface area contributed by atoms with Crippen LogP contribution in [-0.4, -0.2) is 34.5 Å². The van der Waals surface area contributed by atoms with E-state index in [1.807, 2.05) is 0 Å². The maximum atomic E-state index is 13.3. The number of carboxylic acids is 2. The van der Waals surface area contributed by atoms with Gasteiger partial charge in [-0.25, -0.2) is 0 Å². The largest absolute Gasteiger partial charge is 0.481 e. The molecule has 12 heteroatoms. The zero-order chi connectivity index (χ0) is 21.7. The molecule has 0 saturated carbocycles. The highest BCUT2D eigenvalue weighted by atomic mass is 19.4. The molecule has 0 aromatic heterocycles. The van der Waals surface area contributed by atoms with E-state index < -0.39 is 70.5 Å². The van der Waals surface area contributed by atoms with Crippen molar-refractivity contribution in [2.45, 2.75) is 25.2 Å². The van der Waals surface area contributed by atoms with E-state index in [1.165, 1.54) is 0 Å². The lowest BCUT2D eigenvalue weighted by atomic mass is 9.55. The number of halogens is 6. The molecular formula is C16H14F6N2O4. The van der Waals surface area contributed by atoms with Crippen LogP contribution in [0.5, 0.6) is 0 Å². The summed E-state index contributed by atoms with van der Waals surface area (Å²) in [4.78, 5) is 24.0. The van der Waals surface area contributed by atoms with Gasteiger partial charge in [-0.15, -0.1) is 0 Å². The smallest absolute Gasteiger partial charge is 0.414 e. The van der Waals surface area contributed by atoms with E-state index in [0.29, 0.717) is 24.3 Å². The number of allylic oxidation sites excluding steroid dienone is 4. The first-order valence-corrected chi connectivity index (χ1v) is 7.55. The molecule has 28 heavy (non-hydrogen) atoms. The van der Waals surface area contributed by atoms with Crippen LogP contribution in [0.3, 0.4) is 0 Å². The van der Waals surface area contributed by atoms with Gasteiger partial charge in [0.2, 0.25) is 0 Å². The first kappa shape index (κ1) is 21.4. The van der Waals surface area contributed by atoms with Crippen LogP contribution in [0.25, 0.3) is 0 Å². The average Bonchev–Trinajstić information content (AvgIpc) is 2.53. The molecule has 0 spiro atoms. The van der Waals surface area contributed by atoms with Crippen LogP contribution < -0.4 is 11.5 Å². The maximum absolute atomic E-state index is 13.3. The predicted molar refractivity (Wildman–Crippen MR) is 82.2 cm³/mol. The first-order chi connectivity index (χ1) is 12.6. The number of alkyl halides is 6. The van der Waals surface area contributed by atoms with E-state index in [1.54, 1.807) is 0 Å². The van der Waals surface area contributed by atoms with E-state index in [2.05, 4.69) is 0 Å². The van der Waals surface area contributed by atoms with Crippen molar-refractivity contribution in [1.82, 2.24) is 0 Å². The second-order valence-corrected chi connectivity index (χ2v) is 6.44. The van der Waals surface area contributed by atoms with Crippen LogP contribution >= 0.6 is 0 Å². The number of rotatable bonds is 3. The van der Waals surface area contributed by atoms with Crippen molar-refractivity contribution in [3.63, 3.8) is 0 Å². The summed E-state index contributed by atoms with van der Waals surface area (Å²) in [5.74, 6) is -4.10. The Balaban J connectivity index is 2.75. The topological polar surface area (TPSA) is 127 Å². The summed E-state index contributed by atoms with van der Waals surface area (Å²) in [7, 11) is 0. The fourth-order valence-electron chi connectivity index (χ4n) is 3.36. The summed E-state index contributed by atoms with van der Waals surface area (Å²) in [6.45, 7) is 0. The minimum absolute atomic E-state index is 0.550. The first-order valence-electron chi connectivity index (χ1n) is 7.55. The number of hydrogen-bond donors (Lipinski definition) is 4. The Morgan fingerprint density at radius 3 is 1.29 bits per heavy atom. The van der Waals surface area contributed by atoms with Crippen molar-refractivity contribution in [3.8, 4) is 0 Å². The lowest BCUT2D eigenvalue weighted by Gasteiger charge is -2.45. The van der Waals surface area contributed by atoms with Crippen LogP contribution in [0.2, 0.25) is 0 Å². The van der Waals surface area contributed by atoms with Crippen molar-refractivity contribution in [2.24, 2.45) is 22.3 Å². The summed E-state index contributed by atoms with van der Waals surface area (Å²) in [5, 5.41) is 19.3. The van der Waals surface area contributed by atoms with Crippen LogP contribution in [-0.2, 0) is 9.59 Å². The molecule has 0 fully saturated rings. The highest BCUT2D eigenvalue weighted by Crippen LogP contribution is 2.57. The van der Waals surface area contributed by atoms with Gasteiger partial charge in [-0.2, -0.15) is 26.3 Å². The molecule has 2 atom stereocenters. The van der Waals surface area contributed by atoms with Gasteiger partial charge in [-0.05, 0) is 12.2 Å². The van der Waals surface area contributed by atoms with Crippen LogP contribution in [0.4, 0.5) is 26.3 Å². The van der Waals surface area contributed by atoms with Gasteiger partial charge in [0.1, 0.15) is 10.8 Å². The predicted octanol–water partition coefficient (Wildman–Crippen LogP) is 2.60. The lowest BCUT2D eigenvalue weighted by Crippen LogP contribution is -2.54. The standard InChI is InChI=1S/C16H14F6N2O4/c17-15(18,19)7-5-13(11(25)26,3-1-9(7)23)14(12(27)28)4-2-10(24)8(6-14)16(20,21)22/h1-4H,5-6,23-24H2,(H,25,26)(H,27,28)/t13-,14+. The van der Waals surface area contributed by atoms with Crippen LogP contribution in [0, 0.1) is 10.8 Å². The van der Waals surface area contributed by atoms with Crippen LogP contribution in [0.1, 0.15) is 12.8 Å². The monoisotopic (exact) mass is 412 g/mol. The molecule has 0 aromatic rings. The third kappa shape index (κ3) is 3.12. The number of carboxylic acid groups (broad SMARTS) is 2. The van der Waals surface area contributed by atoms with Crippen molar-refractivity contribution in [2.75, 3.05) is 0 Å². The molecule has 0 amide bonds. The lowest BCUT2D eigenvalue weighted by molar-refractivity contribution is -0.169. The van der Waals surface area contributed by atoms with E-state index >= 15 is 0 Å². The number of hydrogen-bond acceptors (Lipinski definition) is 4. The summed E-state index contributed by atoms with van der Waals surface area (Å²) in [6, 6.07) is 0. The molecule has 0 aromatic carbocycles. The highest BCUT2D eigenvalue weighted by Gasteiger charge is 2.64. The van der Waals surface area contributed by atoms with Gasteiger partial charge in [0.05, 0.1) is 11.1 Å². The fraction of sp³-hybridized carbons (Fsp3) is 0.375. The zero-order valence-corrected chi connectivity index (χ0v) is 13.9. The Morgan fingerprint density at radius 1 is 0.786 bits per heavy atom. The molecule has 2 aliphatic carbocycles. The van der Waals surface area contributed by atoms with Gasteiger partial charge in [-0.3, -0.25) is 9.59 Å². The molecule has 0 unspecified atom stereocenters. The minimum Gasteiger partial charge on any atom is -0.481 e. The highest BCUT2D eigenvalue weighted by molar-refractivity contribution is 5.91. The van der Waals surface area contributed by atoms with Gasteiger partial charge in [-0.1, -0.05) is 12.2 Å². The zero-order valence-electron chi connectivity index (χ0n) is 13.9. The second-order valence-electron chi connectivity index (χ2n) is 6.44. The molecule has 2 rings (SSSR count). The van der Waals surface area contributed by atoms with Gasteiger partial charge < -0.3 is 21.7 Å². The van der Waals surface area contributed by atoms with E-state index in [0.717, 1.165) is 0 Å². The van der Waals surface area contributed by atoms with Gasteiger partial charge in [0.15, 0.2) is 0 Å². The van der Waals surface area contributed by atoms with Crippen molar-refractivity contribution in [3.05, 3.63) is 46.8 Å². The summed E-state index contributed by atoms with van der Waals surface area (Å²) < 4.78 is 79.7. The molecule has 6 nitrogen and oxygen atoms in total. The SMILES string of the molecule is NC1=C(C(F)(F)F)C[C@@](C(=O)O)([C@]2(C(=O)O)C=CC(N)=C(C(F)(F)F)C2)C=C1. The number of aliphatic carboxylic acids is 2. The van der Waals surface area contributed by atoms with Crippen molar-refractivity contribution >= 4 is 11.9 Å². The molecule has 2 aliphatic rings.